The first-order valence-corrected chi connectivity index (χ1v) is 16.0. The molecule has 0 nitrogen and oxygen atoms in total. The summed E-state index contributed by atoms with van der Waals surface area (Å²) in [5.74, 6) is 1.14. The molecule has 0 N–H and O–H groups in total. The molecular formula is C30H38Li2Si. The van der Waals surface area contributed by atoms with Crippen molar-refractivity contribution < 1.29 is 0 Å². The van der Waals surface area contributed by atoms with Crippen LogP contribution in [-0.4, -0.2) is 43.5 Å². The summed E-state index contributed by atoms with van der Waals surface area (Å²) in [7, 11) is -1.94. The number of hydrogen-bond acceptors (Lipinski definition) is 0. The number of rotatable bonds is 4. The molecular weight excluding hydrogens is 402 g/mol. The van der Waals surface area contributed by atoms with Crippen molar-refractivity contribution in [3.05, 3.63) is 79.9 Å². The molecule has 0 radical (unpaired) electrons. The van der Waals surface area contributed by atoms with E-state index in [4.69, 9.17) is 0 Å². The standard InChI is InChI=1S/C30H38Si.2Li/c1-17(2)23-11-19(5)27-25(15-23)13-21(7)29(27)31(9,10)30-22(8)14-26-16-24(18(3)4)12-20(6)28(26)30;;/h11-18H,1-10H3;;. The van der Waals surface area contributed by atoms with Gasteiger partial charge in [0.2, 0.25) is 0 Å². The van der Waals surface area contributed by atoms with Crippen LogP contribution in [0, 0.1) is 13.8 Å². The van der Waals surface area contributed by atoms with Crippen LogP contribution in [0.2, 0.25) is 13.1 Å². The van der Waals surface area contributed by atoms with Gasteiger partial charge in [-0.05, 0) is 0 Å². The quantitative estimate of drug-likeness (QED) is 0.422. The van der Waals surface area contributed by atoms with E-state index in [0.717, 1.165) is 0 Å². The molecule has 2 aliphatic carbocycles. The Hall–Kier alpha value is -0.668. The van der Waals surface area contributed by atoms with E-state index in [-0.39, 0.29) is 0 Å². The van der Waals surface area contributed by atoms with Crippen molar-refractivity contribution in [3.8, 4) is 0 Å². The van der Waals surface area contributed by atoms with Gasteiger partial charge in [-0.2, -0.15) is 0 Å². The van der Waals surface area contributed by atoms with Crippen LogP contribution < -0.4 is 0 Å². The van der Waals surface area contributed by atoms with Gasteiger partial charge in [-0.15, -0.1) is 0 Å². The molecule has 164 valence electrons. The number of fused-ring (bicyclic) bond motifs is 2. The van der Waals surface area contributed by atoms with Crippen molar-refractivity contribution in [1.82, 2.24) is 0 Å². The predicted octanol–water partition coefficient (Wildman–Crippen LogP) is 8.03. The van der Waals surface area contributed by atoms with E-state index in [2.05, 4.69) is 128 Å². The van der Waals surface area contributed by atoms with Crippen LogP contribution in [0.1, 0.15) is 107 Å². The Labute approximate surface area is 222 Å². The van der Waals surface area contributed by atoms with Crippen LogP contribution in [0.15, 0.2) is 35.4 Å². The van der Waals surface area contributed by atoms with E-state index in [0.29, 0.717) is 21.0 Å². The van der Waals surface area contributed by atoms with Gasteiger partial charge in [-0.1, -0.05) is 0 Å². The molecule has 2 aliphatic rings. The van der Waals surface area contributed by atoms with E-state index >= 15 is 0 Å². The van der Waals surface area contributed by atoms with Crippen LogP contribution in [0.25, 0.3) is 10.4 Å². The summed E-state index contributed by atoms with van der Waals surface area (Å²) < 4.78 is 1.03. The van der Waals surface area contributed by atoms with E-state index in [1.165, 1.54) is 22.3 Å². The van der Waals surface area contributed by atoms with Gasteiger partial charge in [0.15, 0.2) is 0 Å². The summed E-state index contributed by atoms with van der Waals surface area (Å²) in [6.45, 7) is 24.1. The minimum absolute atomic E-state index is 0.516. The van der Waals surface area contributed by atoms with Gasteiger partial charge in [0, 0.05) is 0 Å². The molecule has 2 aromatic carbocycles. The van der Waals surface area contributed by atoms with Crippen LogP contribution in [0.3, 0.4) is 0 Å². The second-order valence-corrected chi connectivity index (χ2v) is 16.3. The maximum atomic E-state index is 2.62. The number of allylic oxidation sites excluding steroid dienone is 2. The van der Waals surface area contributed by atoms with Crippen molar-refractivity contribution in [1.29, 1.82) is 0 Å². The van der Waals surface area contributed by atoms with Crippen molar-refractivity contribution >= 4 is 53.9 Å². The van der Waals surface area contributed by atoms with Crippen molar-refractivity contribution in [2.45, 2.75) is 89.5 Å². The van der Waals surface area contributed by atoms with E-state index in [1.54, 1.807) is 43.8 Å². The average Bonchev–Trinajstić information content (AvgIpc) is 3.14. The molecule has 0 spiro atoms. The summed E-state index contributed by atoms with van der Waals surface area (Å²) in [6.07, 6.45) is 0. The van der Waals surface area contributed by atoms with Gasteiger partial charge in [-0.25, -0.2) is 0 Å². The van der Waals surface area contributed by atoms with E-state index in [1.807, 2.05) is 0 Å². The summed E-state index contributed by atoms with van der Waals surface area (Å²) in [4.78, 5) is 0. The van der Waals surface area contributed by atoms with Crippen LogP contribution in [-0.2, 0) is 0 Å². The van der Waals surface area contributed by atoms with Crippen molar-refractivity contribution in [3.63, 3.8) is 0 Å². The molecule has 2 atom stereocenters. The Balaban J connectivity index is 1.95. The molecule has 4 rings (SSSR count). The minimum atomic E-state index is -1.94. The zero-order valence-corrected chi connectivity index (χ0v) is 24.1. The first kappa shape index (κ1) is 25.4. The Bertz CT molecular complexity index is 1120. The summed E-state index contributed by atoms with van der Waals surface area (Å²) in [6, 6.07) is 9.97. The third kappa shape index (κ3) is 3.88. The Morgan fingerprint density at radius 2 is 0.970 bits per heavy atom. The Morgan fingerprint density at radius 3 is 1.27 bits per heavy atom. The maximum absolute atomic E-state index is 2.62. The summed E-state index contributed by atoms with van der Waals surface area (Å²) >= 11 is 4.86. The molecule has 3 heteroatoms. The normalized spacial score (nSPS) is 20.5. The van der Waals surface area contributed by atoms with E-state index in [9.17, 15) is 0 Å². The first-order valence-electron chi connectivity index (χ1n) is 13.0. The summed E-state index contributed by atoms with van der Waals surface area (Å²) in [5, 5.41) is 3.42. The molecule has 0 amide bonds. The average molecular weight is 441 g/mol. The first-order chi connectivity index (χ1) is 15.3. The monoisotopic (exact) mass is 440 g/mol. The Morgan fingerprint density at radius 1 is 0.636 bits per heavy atom. The zero-order valence-electron chi connectivity index (χ0n) is 23.1. The second-order valence-electron chi connectivity index (χ2n) is 12.1. The molecule has 0 bridgehead atoms. The third-order valence-corrected chi connectivity index (χ3v) is 12.7. The van der Waals surface area contributed by atoms with Gasteiger partial charge in [0.05, 0.1) is 0 Å². The van der Waals surface area contributed by atoms with Crippen molar-refractivity contribution in [2.75, 3.05) is 0 Å². The molecule has 0 saturated heterocycles. The molecule has 2 unspecified atom stereocenters. The molecule has 2 aromatic rings. The van der Waals surface area contributed by atoms with Crippen LogP contribution in [0.4, 0.5) is 0 Å². The molecule has 33 heavy (non-hydrogen) atoms. The summed E-state index contributed by atoms with van der Waals surface area (Å²) in [5.41, 5.74) is 15.5. The fraction of sp³-hybridized carbons (Fsp3) is 0.467. The van der Waals surface area contributed by atoms with Gasteiger partial charge in [-0.3, -0.25) is 0 Å². The van der Waals surface area contributed by atoms with Gasteiger partial charge in [0.1, 0.15) is 0 Å². The molecule has 0 saturated carbocycles. The van der Waals surface area contributed by atoms with Gasteiger partial charge >= 0.3 is 223 Å². The number of benzene rings is 2. The van der Waals surface area contributed by atoms with Crippen molar-refractivity contribution in [2.24, 2.45) is 0 Å². The molecule has 0 aliphatic heterocycles. The molecule has 0 heterocycles. The van der Waals surface area contributed by atoms with E-state index < -0.39 is 8.07 Å². The fourth-order valence-electron chi connectivity index (χ4n) is 6.75. The van der Waals surface area contributed by atoms with Gasteiger partial charge < -0.3 is 0 Å². The number of aryl methyl sites for hydroxylation is 2. The zero-order chi connectivity index (χ0) is 24.6. The Kier molecular flexibility index (Phi) is 6.76. The molecule has 0 fully saturated rings. The fourth-order valence-corrected chi connectivity index (χ4v) is 11.3. The van der Waals surface area contributed by atoms with Crippen LogP contribution in [0.5, 0.6) is 0 Å². The number of hydrogen-bond donors (Lipinski definition) is 0. The SMILES string of the molecule is [Li][CH]1C(C)=C([Si](C)(C)C2=C(C)[CH]([Li])c3cc(C(C)C)cc(C)c32)c2c(C)cc(C(C)C)cc21. The third-order valence-electron chi connectivity index (χ3n) is 8.88. The van der Waals surface area contributed by atoms with Gasteiger partial charge in [0.25, 0.3) is 0 Å². The molecule has 0 aromatic heterocycles. The predicted molar refractivity (Wildman–Crippen MR) is 150 cm³/mol. The second kappa shape index (κ2) is 8.77. The topological polar surface area (TPSA) is 0 Å². The van der Waals surface area contributed by atoms with Crippen LogP contribution >= 0.6 is 0 Å².